The van der Waals surface area contributed by atoms with Gasteiger partial charge in [-0.15, -0.1) is 0 Å². The zero-order chi connectivity index (χ0) is 29.8. The van der Waals surface area contributed by atoms with Crippen molar-refractivity contribution in [2.75, 3.05) is 64.5 Å². The third-order valence-corrected chi connectivity index (χ3v) is 6.73. The molecule has 2 saturated heterocycles. The van der Waals surface area contributed by atoms with Gasteiger partial charge in [0.15, 0.2) is 5.60 Å². The van der Waals surface area contributed by atoms with Crippen molar-refractivity contribution in [3.05, 3.63) is 47.8 Å². The van der Waals surface area contributed by atoms with E-state index in [1.807, 2.05) is 24.5 Å². The Kier molecular flexibility index (Phi) is 11.8. The van der Waals surface area contributed by atoms with Crippen LogP contribution >= 0.6 is 0 Å². The number of aliphatic carboxylic acids is 3. The molecular weight excluding hydrogens is 538 g/mol. The van der Waals surface area contributed by atoms with Gasteiger partial charge in [0.25, 0.3) is 0 Å². The number of methoxy groups -OCH3 is 1. The number of nitrogens with zero attached hydrogens (tertiary/aromatic N) is 5. The van der Waals surface area contributed by atoms with Crippen LogP contribution in [-0.4, -0.2) is 123 Å². The number of anilines is 1. The third kappa shape index (κ3) is 9.93. The molecule has 1 aromatic carbocycles. The summed E-state index contributed by atoms with van der Waals surface area (Å²) in [6.45, 7) is 9.33. The lowest BCUT2D eigenvalue weighted by Crippen LogP contribution is -2.45. The van der Waals surface area contributed by atoms with Gasteiger partial charge < -0.3 is 34.8 Å². The van der Waals surface area contributed by atoms with E-state index in [9.17, 15) is 14.4 Å². The minimum absolute atomic E-state index is 0.754. The number of hydrogen-bond donors (Lipinski definition) is 4. The number of aliphatic hydroxyl groups is 1. The smallest absolute Gasteiger partial charge is 0.336 e. The Morgan fingerprint density at radius 2 is 1.41 bits per heavy atom. The molecule has 4 N–H and O–H groups in total. The van der Waals surface area contributed by atoms with Gasteiger partial charge in [-0.05, 0) is 6.07 Å². The zero-order valence-electron chi connectivity index (χ0n) is 23.0. The van der Waals surface area contributed by atoms with Crippen LogP contribution in [0.3, 0.4) is 0 Å². The van der Waals surface area contributed by atoms with E-state index in [4.69, 9.17) is 29.9 Å². The number of piperazine rings is 1. The first kappa shape index (κ1) is 31.7. The Morgan fingerprint density at radius 1 is 0.878 bits per heavy atom. The SMILES string of the molecule is COc1ccccc1CN1CCN(Cc2cnc(N3CCOCC3)nc2)CC1.O=C(O)CC(O)(CC(=O)O)C(=O)O. The number of aromatic nitrogens is 2. The quantitative estimate of drug-likeness (QED) is 0.288. The summed E-state index contributed by atoms with van der Waals surface area (Å²) in [5.41, 5.74) is -0.307. The van der Waals surface area contributed by atoms with Crippen molar-refractivity contribution < 1.29 is 44.3 Å². The highest BCUT2D eigenvalue weighted by molar-refractivity contribution is 5.88. The molecule has 0 bridgehead atoms. The van der Waals surface area contributed by atoms with Crippen LogP contribution in [0, 0.1) is 0 Å². The Hall–Kier alpha value is -3.85. The molecule has 0 unspecified atom stereocenters. The van der Waals surface area contributed by atoms with Crippen molar-refractivity contribution in [1.29, 1.82) is 0 Å². The fraction of sp³-hybridized carbons (Fsp3) is 0.519. The molecule has 2 aromatic rings. The van der Waals surface area contributed by atoms with Crippen molar-refractivity contribution in [3.8, 4) is 5.75 Å². The monoisotopic (exact) mass is 575 g/mol. The molecule has 2 fully saturated rings. The van der Waals surface area contributed by atoms with Gasteiger partial charge in [-0.2, -0.15) is 0 Å². The summed E-state index contributed by atoms with van der Waals surface area (Å²) in [6, 6.07) is 8.28. The maximum absolute atomic E-state index is 10.3. The Bertz CT molecular complexity index is 1130. The van der Waals surface area contributed by atoms with Crippen molar-refractivity contribution in [1.82, 2.24) is 19.8 Å². The molecule has 0 radical (unpaired) electrons. The number of para-hydroxylation sites is 1. The van der Waals surface area contributed by atoms with Crippen molar-refractivity contribution in [3.63, 3.8) is 0 Å². The summed E-state index contributed by atoms with van der Waals surface area (Å²) in [5, 5.41) is 33.8. The van der Waals surface area contributed by atoms with Gasteiger partial charge in [0.1, 0.15) is 5.75 Å². The second kappa shape index (κ2) is 15.2. The van der Waals surface area contributed by atoms with E-state index >= 15 is 0 Å². The number of benzene rings is 1. The fourth-order valence-electron chi connectivity index (χ4n) is 4.51. The van der Waals surface area contributed by atoms with E-state index in [-0.39, 0.29) is 0 Å². The highest BCUT2D eigenvalue weighted by atomic mass is 16.5. The van der Waals surface area contributed by atoms with Crippen molar-refractivity contribution in [2.45, 2.75) is 31.5 Å². The first-order valence-corrected chi connectivity index (χ1v) is 13.2. The molecule has 0 aliphatic carbocycles. The molecule has 1 aromatic heterocycles. The number of carboxylic acids is 3. The summed E-state index contributed by atoms with van der Waals surface area (Å²) in [4.78, 5) is 46.8. The second-order valence-electron chi connectivity index (χ2n) is 9.83. The standard InChI is InChI=1S/C21H29N5O2.C6H8O7/c1-27-20-5-3-2-4-19(20)17-25-8-6-24(7-9-25)16-18-14-22-21(23-15-18)26-10-12-28-13-11-26;7-3(8)1-6(13,5(11)12)2-4(9)10/h2-5,14-15H,6-13,16-17H2,1H3;13H,1-2H2,(H,7,8)(H,9,10)(H,11,12). The van der Waals surface area contributed by atoms with E-state index in [0.29, 0.717) is 0 Å². The zero-order valence-corrected chi connectivity index (χ0v) is 23.0. The molecule has 0 atom stereocenters. The van der Waals surface area contributed by atoms with Gasteiger partial charge in [-0.1, -0.05) is 18.2 Å². The predicted molar refractivity (Wildman–Crippen MR) is 146 cm³/mol. The highest BCUT2D eigenvalue weighted by Gasteiger charge is 2.40. The summed E-state index contributed by atoms with van der Waals surface area (Å²) >= 11 is 0. The first-order chi connectivity index (χ1) is 19.6. The number of carbonyl (C=O) groups is 3. The molecule has 2 aliphatic rings. The molecule has 0 amide bonds. The molecule has 4 rings (SSSR count). The van der Waals surface area contributed by atoms with Crippen LogP contribution in [0.1, 0.15) is 24.0 Å². The summed E-state index contributed by atoms with van der Waals surface area (Å²) in [7, 11) is 1.74. The average molecular weight is 576 g/mol. The first-order valence-electron chi connectivity index (χ1n) is 13.2. The number of rotatable bonds is 11. The van der Waals surface area contributed by atoms with E-state index in [1.54, 1.807) is 7.11 Å². The lowest BCUT2D eigenvalue weighted by Gasteiger charge is -2.35. The molecule has 224 valence electrons. The fourth-order valence-corrected chi connectivity index (χ4v) is 4.51. The Balaban J connectivity index is 0.000000302. The van der Waals surface area contributed by atoms with E-state index in [2.05, 4.69) is 36.8 Å². The summed E-state index contributed by atoms with van der Waals surface area (Å²) in [5.74, 6) is -3.23. The molecule has 0 spiro atoms. The molecule has 14 heteroatoms. The van der Waals surface area contributed by atoms with Gasteiger partial charge in [0, 0.05) is 75.9 Å². The lowest BCUT2D eigenvalue weighted by molar-refractivity contribution is -0.170. The van der Waals surface area contributed by atoms with Gasteiger partial charge >= 0.3 is 17.9 Å². The van der Waals surface area contributed by atoms with Crippen molar-refractivity contribution >= 4 is 23.9 Å². The van der Waals surface area contributed by atoms with E-state index < -0.39 is 36.4 Å². The van der Waals surface area contributed by atoms with Crippen LogP contribution in [0.2, 0.25) is 0 Å². The van der Waals surface area contributed by atoms with Crippen LogP contribution in [0.5, 0.6) is 5.75 Å². The Morgan fingerprint density at radius 3 is 1.93 bits per heavy atom. The predicted octanol–water partition coefficient (Wildman–Crippen LogP) is 0.391. The molecule has 0 saturated carbocycles. The number of hydrogen-bond acceptors (Lipinski definition) is 11. The summed E-state index contributed by atoms with van der Waals surface area (Å²) in [6.07, 6.45) is 1.65. The molecule has 14 nitrogen and oxygen atoms in total. The normalized spacial score (nSPS) is 16.4. The van der Waals surface area contributed by atoms with E-state index in [1.165, 1.54) is 11.1 Å². The van der Waals surface area contributed by atoms with Crippen LogP contribution in [0.15, 0.2) is 36.7 Å². The van der Waals surface area contributed by atoms with Gasteiger partial charge in [-0.25, -0.2) is 14.8 Å². The maximum Gasteiger partial charge on any atom is 0.336 e. The van der Waals surface area contributed by atoms with Crippen LogP contribution in [-0.2, 0) is 32.2 Å². The largest absolute Gasteiger partial charge is 0.496 e. The minimum atomic E-state index is -2.74. The van der Waals surface area contributed by atoms with Gasteiger partial charge in [0.2, 0.25) is 5.95 Å². The topological polar surface area (TPSA) is 186 Å². The van der Waals surface area contributed by atoms with Crippen molar-refractivity contribution in [2.24, 2.45) is 0 Å². The number of carboxylic acid groups (broad SMARTS) is 3. The molecular formula is C27H37N5O9. The minimum Gasteiger partial charge on any atom is -0.496 e. The second-order valence-corrected chi connectivity index (χ2v) is 9.83. The van der Waals surface area contributed by atoms with Crippen LogP contribution in [0.25, 0.3) is 0 Å². The molecule has 3 heterocycles. The highest BCUT2D eigenvalue weighted by Crippen LogP contribution is 2.20. The van der Waals surface area contributed by atoms with E-state index in [0.717, 1.165) is 77.3 Å². The van der Waals surface area contributed by atoms with Gasteiger partial charge in [0.05, 0.1) is 33.2 Å². The molecule has 2 aliphatic heterocycles. The Labute approximate surface area is 237 Å². The average Bonchev–Trinajstić information content (AvgIpc) is 2.95. The summed E-state index contributed by atoms with van der Waals surface area (Å²) < 4.78 is 10.9. The van der Waals surface area contributed by atoms with Crippen LogP contribution in [0.4, 0.5) is 5.95 Å². The van der Waals surface area contributed by atoms with Crippen LogP contribution < -0.4 is 9.64 Å². The molecule has 41 heavy (non-hydrogen) atoms. The number of ether oxygens (including phenoxy) is 2. The lowest BCUT2D eigenvalue weighted by atomic mass is 9.96. The third-order valence-electron chi connectivity index (χ3n) is 6.73. The van der Waals surface area contributed by atoms with Gasteiger partial charge in [-0.3, -0.25) is 19.4 Å². The maximum atomic E-state index is 10.3. The number of morpholine rings is 1.